The average molecular weight is 276 g/mol. The highest BCUT2D eigenvalue weighted by molar-refractivity contribution is 5.27. The number of likely N-dealkylation sites (tertiary alicyclic amines) is 1. The summed E-state index contributed by atoms with van der Waals surface area (Å²) in [6.45, 7) is 10.6. The van der Waals surface area contributed by atoms with Crippen molar-refractivity contribution in [3.05, 3.63) is 29.8 Å². The van der Waals surface area contributed by atoms with E-state index in [0.717, 1.165) is 31.3 Å². The van der Waals surface area contributed by atoms with Crippen LogP contribution < -0.4 is 10.5 Å². The highest BCUT2D eigenvalue weighted by Crippen LogP contribution is 2.24. The molecule has 0 radical (unpaired) electrons. The molecule has 112 valence electrons. The molecule has 1 saturated heterocycles. The Kier molecular flexibility index (Phi) is 5.44. The van der Waals surface area contributed by atoms with Crippen molar-refractivity contribution in [1.29, 1.82) is 0 Å². The number of nitrogens with two attached hydrogens (primary N) is 1. The van der Waals surface area contributed by atoms with Gasteiger partial charge in [-0.05, 0) is 62.9 Å². The third kappa shape index (κ3) is 4.22. The number of nitrogens with zero attached hydrogens (tertiary/aromatic N) is 1. The maximum atomic E-state index is 5.87. The van der Waals surface area contributed by atoms with Crippen LogP contribution in [-0.2, 0) is 6.54 Å². The molecule has 2 unspecified atom stereocenters. The van der Waals surface area contributed by atoms with E-state index in [1.54, 1.807) is 0 Å². The van der Waals surface area contributed by atoms with Crippen LogP contribution in [0.2, 0.25) is 0 Å². The molecule has 2 atom stereocenters. The van der Waals surface area contributed by atoms with Crippen LogP contribution in [-0.4, -0.2) is 30.6 Å². The van der Waals surface area contributed by atoms with Gasteiger partial charge in [0.2, 0.25) is 0 Å². The highest BCUT2D eigenvalue weighted by atomic mass is 16.5. The van der Waals surface area contributed by atoms with Crippen molar-refractivity contribution in [3.8, 4) is 5.75 Å². The van der Waals surface area contributed by atoms with E-state index >= 15 is 0 Å². The van der Waals surface area contributed by atoms with E-state index in [1.807, 2.05) is 0 Å². The maximum absolute atomic E-state index is 5.87. The fraction of sp³-hybridized carbons (Fsp3) is 0.647. The first kappa shape index (κ1) is 15.3. The quantitative estimate of drug-likeness (QED) is 0.898. The molecule has 0 aliphatic carbocycles. The normalized spacial score (nSPS) is 24.1. The summed E-state index contributed by atoms with van der Waals surface area (Å²) in [6, 6.07) is 8.49. The van der Waals surface area contributed by atoms with Gasteiger partial charge in [-0.25, -0.2) is 0 Å². The number of hydrogen-bond acceptors (Lipinski definition) is 3. The van der Waals surface area contributed by atoms with Gasteiger partial charge >= 0.3 is 0 Å². The second-order valence-electron chi connectivity index (χ2n) is 6.31. The number of piperidine rings is 1. The maximum Gasteiger partial charge on any atom is 0.119 e. The van der Waals surface area contributed by atoms with E-state index < -0.39 is 0 Å². The largest absolute Gasteiger partial charge is 0.491 e. The van der Waals surface area contributed by atoms with Crippen LogP contribution in [0.25, 0.3) is 0 Å². The van der Waals surface area contributed by atoms with E-state index in [0.29, 0.717) is 5.92 Å². The van der Waals surface area contributed by atoms with Gasteiger partial charge in [0.1, 0.15) is 5.75 Å². The van der Waals surface area contributed by atoms with Crippen molar-refractivity contribution >= 4 is 0 Å². The molecule has 0 bridgehead atoms. The monoisotopic (exact) mass is 276 g/mol. The van der Waals surface area contributed by atoms with Gasteiger partial charge in [0.25, 0.3) is 0 Å². The summed E-state index contributed by atoms with van der Waals surface area (Å²) in [5, 5.41) is 0. The number of rotatable bonds is 5. The fourth-order valence-electron chi connectivity index (χ4n) is 2.88. The first-order valence-corrected chi connectivity index (χ1v) is 7.76. The minimum atomic E-state index is 0.231. The third-order valence-corrected chi connectivity index (χ3v) is 4.20. The Bertz CT molecular complexity index is 402. The molecule has 1 fully saturated rings. The summed E-state index contributed by atoms with van der Waals surface area (Å²) in [5.74, 6) is 2.36. The number of hydrogen-bond donors (Lipinski definition) is 1. The minimum absolute atomic E-state index is 0.231. The summed E-state index contributed by atoms with van der Waals surface area (Å²) >= 11 is 0. The predicted molar refractivity (Wildman–Crippen MR) is 83.8 cm³/mol. The fourth-order valence-corrected chi connectivity index (χ4v) is 2.88. The van der Waals surface area contributed by atoms with Crippen molar-refractivity contribution in [3.63, 3.8) is 0 Å². The third-order valence-electron chi connectivity index (χ3n) is 4.20. The molecule has 1 aromatic rings. The molecule has 1 aliphatic rings. The molecule has 3 heteroatoms. The Morgan fingerprint density at radius 3 is 2.60 bits per heavy atom. The van der Waals surface area contributed by atoms with Gasteiger partial charge in [-0.2, -0.15) is 0 Å². The average Bonchev–Trinajstić information content (AvgIpc) is 2.42. The zero-order chi connectivity index (χ0) is 14.5. The topological polar surface area (TPSA) is 38.5 Å². The summed E-state index contributed by atoms with van der Waals surface area (Å²) in [5.41, 5.74) is 7.23. The van der Waals surface area contributed by atoms with Crippen molar-refractivity contribution < 1.29 is 4.74 Å². The molecule has 3 nitrogen and oxygen atoms in total. The molecular weight excluding hydrogens is 248 g/mol. The van der Waals surface area contributed by atoms with Crippen LogP contribution in [0.4, 0.5) is 0 Å². The predicted octanol–water partition coefficient (Wildman–Crippen LogP) is 2.89. The molecule has 1 aromatic carbocycles. The van der Waals surface area contributed by atoms with Crippen molar-refractivity contribution in [2.45, 2.75) is 39.8 Å². The molecule has 1 heterocycles. The lowest BCUT2D eigenvalue weighted by atomic mass is 9.87. The molecule has 0 aromatic heterocycles. The Morgan fingerprint density at radius 2 is 2.00 bits per heavy atom. The summed E-state index contributed by atoms with van der Waals surface area (Å²) < 4.78 is 5.68. The van der Waals surface area contributed by atoms with Gasteiger partial charge in [-0.15, -0.1) is 0 Å². The van der Waals surface area contributed by atoms with E-state index in [2.05, 4.69) is 49.9 Å². The van der Waals surface area contributed by atoms with Crippen molar-refractivity contribution in [2.75, 3.05) is 19.6 Å². The summed E-state index contributed by atoms with van der Waals surface area (Å²) in [4.78, 5) is 2.52. The smallest absolute Gasteiger partial charge is 0.119 e. The number of ether oxygens (including phenoxy) is 1. The zero-order valence-electron chi connectivity index (χ0n) is 13.0. The standard InChI is InChI=1S/C17H28N2O/c1-13(2)20-17-6-4-15(5-7-17)11-19-9-8-14(3)16(10-18)12-19/h4-7,13-14,16H,8-12,18H2,1-3H3. The van der Waals surface area contributed by atoms with Gasteiger partial charge < -0.3 is 10.5 Å². The van der Waals surface area contributed by atoms with Crippen LogP contribution in [0.15, 0.2) is 24.3 Å². The van der Waals surface area contributed by atoms with E-state index in [1.165, 1.54) is 18.5 Å². The van der Waals surface area contributed by atoms with Crippen molar-refractivity contribution in [1.82, 2.24) is 4.90 Å². The van der Waals surface area contributed by atoms with Crippen LogP contribution in [0.5, 0.6) is 5.75 Å². The van der Waals surface area contributed by atoms with Gasteiger partial charge in [-0.3, -0.25) is 4.90 Å². The lowest BCUT2D eigenvalue weighted by Gasteiger charge is -2.36. The van der Waals surface area contributed by atoms with Crippen LogP contribution in [0.3, 0.4) is 0 Å². The van der Waals surface area contributed by atoms with Crippen LogP contribution in [0, 0.1) is 11.8 Å². The van der Waals surface area contributed by atoms with Crippen molar-refractivity contribution in [2.24, 2.45) is 17.6 Å². The zero-order valence-corrected chi connectivity index (χ0v) is 13.0. The summed E-state index contributed by atoms with van der Waals surface area (Å²) in [6.07, 6.45) is 1.49. The number of benzene rings is 1. The first-order valence-electron chi connectivity index (χ1n) is 7.76. The molecule has 2 rings (SSSR count). The molecule has 0 spiro atoms. The van der Waals surface area contributed by atoms with Gasteiger partial charge in [-0.1, -0.05) is 19.1 Å². The Hall–Kier alpha value is -1.06. The Balaban J connectivity index is 1.90. The van der Waals surface area contributed by atoms with Gasteiger partial charge in [0.15, 0.2) is 0 Å². The van der Waals surface area contributed by atoms with Gasteiger partial charge in [0.05, 0.1) is 6.10 Å². The Labute approximate surface area is 123 Å². The molecular formula is C17H28N2O. The lowest BCUT2D eigenvalue weighted by molar-refractivity contribution is 0.126. The van der Waals surface area contributed by atoms with Gasteiger partial charge in [0, 0.05) is 13.1 Å². The molecule has 20 heavy (non-hydrogen) atoms. The molecule has 1 aliphatic heterocycles. The van der Waals surface area contributed by atoms with Crippen LogP contribution >= 0.6 is 0 Å². The Morgan fingerprint density at radius 1 is 1.30 bits per heavy atom. The first-order chi connectivity index (χ1) is 9.58. The summed E-state index contributed by atoms with van der Waals surface area (Å²) in [7, 11) is 0. The molecule has 2 N–H and O–H groups in total. The van der Waals surface area contributed by atoms with E-state index in [9.17, 15) is 0 Å². The SMILES string of the molecule is CC(C)Oc1ccc(CN2CCC(C)C(CN)C2)cc1. The molecule has 0 amide bonds. The van der Waals surface area contributed by atoms with E-state index in [4.69, 9.17) is 10.5 Å². The van der Waals surface area contributed by atoms with E-state index in [-0.39, 0.29) is 6.10 Å². The molecule has 0 saturated carbocycles. The second-order valence-corrected chi connectivity index (χ2v) is 6.31. The lowest BCUT2D eigenvalue weighted by Crippen LogP contribution is -2.42. The minimum Gasteiger partial charge on any atom is -0.491 e. The highest BCUT2D eigenvalue weighted by Gasteiger charge is 2.24. The van der Waals surface area contributed by atoms with Crippen LogP contribution in [0.1, 0.15) is 32.8 Å². The second kappa shape index (κ2) is 7.09.